The number of para-hydroxylation sites is 1. The average molecular weight is 295 g/mol. The second kappa shape index (κ2) is 5.33. The molecular weight excluding hydrogens is 282 g/mol. The molecule has 1 heterocycles. The van der Waals surface area contributed by atoms with Gasteiger partial charge >= 0.3 is 11.1 Å². The van der Waals surface area contributed by atoms with Crippen LogP contribution in [0.2, 0.25) is 0 Å². The number of fused-ring (bicyclic) bond motifs is 1. The summed E-state index contributed by atoms with van der Waals surface area (Å²) in [4.78, 5) is 39.8. The van der Waals surface area contributed by atoms with Gasteiger partial charge in [0.1, 0.15) is 0 Å². The van der Waals surface area contributed by atoms with Crippen molar-refractivity contribution in [1.29, 1.82) is 0 Å². The van der Waals surface area contributed by atoms with Gasteiger partial charge in [-0.15, -0.1) is 0 Å². The molecule has 3 rings (SSSR count). The predicted octanol–water partition coefficient (Wildman–Crippen LogP) is 1.78. The minimum absolute atomic E-state index is 0.289. The standard InChI is InChI=1S/C16H13N3O3/c1-9-4-2-3-5-11(9)17-14(20)10-6-7-12-13(8-10)19-16(22)15(21)18-12/h2-8H,1H3,(H,17,20)(H,18,21)(H,19,22). The maximum absolute atomic E-state index is 12.3. The van der Waals surface area contributed by atoms with E-state index in [1.165, 1.54) is 6.07 Å². The van der Waals surface area contributed by atoms with Crippen molar-refractivity contribution in [3.63, 3.8) is 0 Å². The van der Waals surface area contributed by atoms with Crippen LogP contribution in [0.1, 0.15) is 15.9 Å². The quantitative estimate of drug-likeness (QED) is 0.629. The number of anilines is 1. The van der Waals surface area contributed by atoms with Crippen molar-refractivity contribution in [3.05, 3.63) is 74.3 Å². The summed E-state index contributed by atoms with van der Waals surface area (Å²) in [5.41, 5.74) is 1.48. The molecule has 0 bridgehead atoms. The van der Waals surface area contributed by atoms with E-state index in [4.69, 9.17) is 0 Å². The molecule has 0 radical (unpaired) electrons. The topological polar surface area (TPSA) is 94.8 Å². The van der Waals surface area contributed by atoms with E-state index in [1.54, 1.807) is 12.1 Å². The zero-order valence-electron chi connectivity index (χ0n) is 11.8. The molecule has 3 N–H and O–H groups in total. The Balaban J connectivity index is 1.98. The van der Waals surface area contributed by atoms with Gasteiger partial charge in [-0.05, 0) is 36.8 Å². The molecule has 6 nitrogen and oxygen atoms in total. The number of aryl methyl sites for hydroxylation is 1. The van der Waals surface area contributed by atoms with Crippen molar-refractivity contribution in [3.8, 4) is 0 Å². The van der Waals surface area contributed by atoms with Gasteiger partial charge in [-0.25, -0.2) is 0 Å². The Kier molecular flexibility index (Phi) is 3.34. The highest BCUT2D eigenvalue weighted by atomic mass is 16.2. The third-order valence-corrected chi connectivity index (χ3v) is 3.38. The number of nitrogens with one attached hydrogen (secondary N) is 3. The lowest BCUT2D eigenvalue weighted by atomic mass is 10.1. The fourth-order valence-corrected chi connectivity index (χ4v) is 2.16. The zero-order valence-corrected chi connectivity index (χ0v) is 11.8. The van der Waals surface area contributed by atoms with Crippen molar-refractivity contribution in [2.75, 3.05) is 5.32 Å². The number of carbonyl (C=O) groups excluding carboxylic acids is 1. The zero-order chi connectivity index (χ0) is 15.7. The third-order valence-electron chi connectivity index (χ3n) is 3.38. The van der Waals surface area contributed by atoms with Gasteiger partial charge in [0.15, 0.2) is 0 Å². The first-order chi connectivity index (χ1) is 10.5. The van der Waals surface area contributed by atoms with Crippen LogP contribution in [0.5, 0.6) is 0 Å². The van der Waals surface area contributed by atoms with Crippen LogP contribution in [0.4, 0.5) is 5.69 Å². The number of H-pyrrole nitrogens is 2. The molecule has 2 aromatic carbocycles. The number of benzene rings is 2. The summed E-state index contributed by atoms with van der Waals surface area (Å²) >= 11 is 0. The van der Waals surface area contributed by atoms with Gasteiger partial charge in [0.05, 0.1) is 11.0 Å². The van der Waals surface area contributed by atoms with Crippen molar-refractivity contribution in [1.82, 2.24) is 9.97 Å². The number of carbonyl (C=O) groups is 1. The van der Waals surface area contributed by atoms with Gasteiger partial charge in [-0.2, -0.15) is 0 Å². The molecule has 6 heteroatoms. The monoisotopic (exact) mass is 295 g/mol. The summed E-state index contributed by atoms with van der Waals surface area (Å²) in [7, 11) is 0. The summed E-state index contributed by atoms with van der Waals surface area (Å²) in [6.45, 7) is 1.90. The van der Waals surface area contributed by atoms with E-state index in [2.05, 4.69) is 15.3 Å². The molecule has 0 saturated heterocycles. The molecule has 1 amide bonds. The van der Waals surface area contributed by atoms with Crippen LogP contribution in [-0.2, 0) is 0 Å². The lowest BCUT2D eigenvalue weighted by Crippen LogP contribution is -2.29. The lowest BCUT2D eigenvalue weighted by molar-refractivity contribution is 0.102. The molecule has 0 spiro atoms. The van der Waals surface area contributed by atoms with Crippen molar-refractivity contribution < 1.29 is 4.79 Å². The van der Waals surface area contributed by atoms with Gasteiger partial charge in [-0.3, -0.25) is 14.4 Å². The van der Waals surface area contributed by atoms with Crippen LogP contribution in [0.3, 0.4) is 0 Å². The maximum atomic E-state index is 12.3. The molecule has 3 aromatic rings. The summed E-state index contributed by atoms with van der Waals surface area (Å²) < 4.78 is 0. The fraction of sp³-hybridized carbons (Fsp3) is 0.0625. The van der Waals surface area contributed by atoms with Crippen LogP contribution in [0, 0.1) is 6.92 Å². The van der Waals surface area contributed by atoms with Gasteiger partial charge in [-0.1, -0.05) is 18.2 Å². The minimum atomic E-state index is -0.746. The van der Waals surface area contributed by atoms with Gasteiger partial charge in [0.25, 0.3) is 5.91 Å². The number of aromatic nitrogens is 2. The molecule has 110 valence electrons. The van der Waals surface area contributed by atoms with Gasteiger partial charge < -0.3 is 15.3 Å². The highest BCUT2D eigenvalue weighted by molar-refractivity contribution is 6.06. The number of amides is 1. The summed E-state index contributed by atoms with van der Waals surface area (Å²) in [6.07, 6.45) is 0. The highest BCUT2D eigenvalue weighted by Crippen LogP contribution is 2.16. The summed E-state index contributed by atoms with van der Waals surface area (Å²) in [6, 6.07) is 12.1. The number of aromatic amines is 2. The van der Waals surface area contributed by atoms with Crippen LogP contribution in [-0.4, -0.2) is 15.9 Å². The number of rotatable bonds is 2. The van der Waals surface area contributed by atoms with E-state index in [1.807, 2.05) is 31.2 Å². The van der Waals surface area contributed by atoms with Crippen LogP contribution in [0.15, 0.2) is 52.1 Å². The normalized spacial score (nSPS) is 10.6. The van der Waals surface area contributed by atoms with E-state index in [0.29, 0.717) is 16.6 Å². The smallest absolute Gasteiger partial charge is 0.314 e. The van der Waals surface area contributed by atoms with E-state index in [-0.39, 0.29) is 5.91 Å². The molecule has 0 unspecified atom stereocenters. The van der Waals surface area contributed by atoms with Crippen molar-refractivity contribution in [2.45, 2.75) is 6.92 Å². The largest absolute Gasteiger partial charge is 0.322 e. The molecule has 0 fully saturated rings. The third kappa shape index (κ3) is 2.54. The summed E-state index contributed by atoms with van der Waals surface area (Å²) in [5, 5.41) is 2.81. The number of hydrogen-bond acceptors (Lipinski definition) is 3. The van der Waals surface area contributed by atoms with E-state index >= 15 is 0 Å². The lowest BCUT2D eigenvalue weighted by Gasteiger charge is -2.08. The van der Waals surface area contributed by atoms with Gasteiger partial charge in [0.2, 0.25) is 0 Å². The Morgan fingerprint density at radius 2 is 1.64 bits per heavy atom. The predicted molar refractivity (Wildman–Crippen MR) is 84.3 cm³/mol. The fourth-order valence-electron chi connectivity index (χ4n) is 2.16. The molecule has 0 aliphatic carbocycles. The number of hydrogen-bond donors (Lipinski definition) is 3. The van der Waals surface area contributed by atoms with Crippen LogP contribution < -0.4 is 16.4 Å². The second-order valence-electron chi connectivity index (χ2n) is 4.94. The maximum Gasteiger partial charge on any atom is 0.314 e. The molecular formula is C16H13N3O3. The first-order valence-electron chi connectivity index (χ1n) is 6.68. The molecule has 0 aliphatic heterocycles. The Hall–Kier alpha value is -3.15. The SMILES string of the molecule is Cc1ccccc1NC(=O)c1ccc2[nH]c(=O)c(=O)[nH]c2c1. The van der Waals surface area contributed by atoms with E-state index in [9.17, 15) is 14.4 Å². The minimum Gasteiger partial charge on any atom is -0.322 e. The van der Waals surface area contributed by atoms with E-state index < -0.39 is 11.1 Å². The Bertz CT molecular complexity index is 986. The Morgan fingerprint density at radius 3 is 2.36 bits per heavy atom. The van der Waals surface area contributed by atoms with Gasteiger partial charge in [0, 0.05) is 11.3 Å². The van der Waals surface area contributed by atoms with Crippen LogP contribution >= 0.6 is 0 Å². The Labute approximate surface area is 124 Å². The van der Waals surface area contributed by atoms with E-state index in [0.717, 1.165) is 11.3 Å². The van der Waals surface area contributed by atoms with Crippen molar-refractivity contribution in [2.24, 2.45) is 0 Å². The Morgan fingerprint density at radius 1 is 0.955 bits per heavy atom. The molecule has 22 heavy (non-hydrogen) atoms. The average Bonchev–Trinajstić information content (AvgIpc) is 2.50. The molecule has 1 aromatic heterocycles. The summed E-state index contributed by atoms with van der Waals surface area (Å²) in [5.74, 6) is -0.289. The molecule has 0 atom stereocenters. The molecule has 0 saturated carbocycles. The van der Waals surface area contributed by atoms with Crippen molar-refractivity contribution >= 4 is 22.6 Å². The first-order valence-corrected chi connectivity index (χ1v) is 6.68. The molecule has 0 aliphatic rings. The van der Waals surface area contributed by atoms with Crippen LogP contribution in [0.25, 0.3) is 11.0 Å². The second-order valence-corrected chi connectivity index (χ2v) is 4.94. The highest BCUT2D eigenvalue weighted by Gasteiger charge is 2.09. The first kappa shape index (κ1) is 13.8.